The van der Waals surface area contributed by atoms with Gasteiger partial charge in [-0.05, 0) is 99.1 Å². The molecule has 3 aromatic carbocycles. The number of nitrogens with one attached hydrogen (secondary N) is 1. The van der Waals surface area contributed by atoms with E-state index in [1.54, 1.807) is 18.2 Å². The molecule has 0 fully saturated rings. The fourth-order valence-corrected chi connectivity index (χ4v) is 5.08. The summed E-state index contributed by atoms with van der Waals surface area (Å²) in [6, 6.07) is 21.2. The first-order valence-corrected chi connectivity index (χ1v) is 11.8. The number of amides is 1. The number of nitriles is 1. The largest absolute Gasteiger partial charge is 0.495 e. The van der Waals surface area contributed by atoms with Gasteiger partial charge >= 0.3 is 0 Å². The summed E-state index contributed by atoms with van der Waals surface area (Å²) < 4.78 is 13.1. The zero-order chi connectivity index (χ0) is 23.1. The van der Waals surface area contributed by atoms with Gasteiger partial charge in [0.25, 0.3) is 5.91 Å². The minimum atomic E-state index is -0.495. The second kappa shape index (κ2) is 11.3. The molecule has 0 aliphatic carbocycles. The van der Waals surface area contributed by atoms with E-state index in [-0.39, 0.29) is 5.57 Å². The molecule has 5 nitrogen and oxygen atoms in total. The molecule has 32 heavy (non-hydrogen) atoms. The van der Waals surface area contributed by atoms with E-state index in [0.717, 1.165) is 29.6 Å². The lowest BCUT2D eigenvalue weighted by Crippen LogP contribution is -2.14. The van der Waals surface area contributed by atoms with Crippen LogP contribution in [0.3, 0.4) is 0 Å². The number of nitrogens with zero attached hydrogens (tertiary/aromatic N) is 1. The van der Waals surface area contributed by atoms with Crippen molar-refractivity contribution in [3.05, 3.63) is 90.1 Å². The third-order valence-electron chi connectivity index (χ3n) is 4.53. The number of aryl methyl sites for hydroxylation is 1. The van der Waals surface area contributed by atoms with Crippen LogP contribution in [0, 0.1) is 25.4 Å². The van der Waals surface area contributed by atoms with Crippen LogP contribution in [-0.2, 0) is 11.4 Å². The molecular formula is C25H20I2N2O3. The molecule has 7 heteroatoms. The van der Waals surface area contributed by atoms with Crippen molar-refractivity contribution in [3.63, 3.8) is 0 Å². The van der Waals surface area contributed by atoms with Crippen LogP contribution in [0.5, 0.6) is 11.5 Å². The first kappa shape index (κ1) is 24.1. The number of methoxy groups -OCH3 is 1. The van der Waals surface area contributed by atoms with Gasteiger partial charge in [0.15, 0.2) is 0 Å². The van der Waals surface area contributed by atoms with Crippen LogP contribution in [0.2, 0.25) is 0 Å². The molecule has 1 N–H and O–H groups in total. The molecule has 1 amide bonds. The Bertz CT molecular complexity index is 1180. The highest BCUT2D eigenvalue weighted by atomic mass is 127. The summed E-state index contributed by atoms with van der Waals surface area (Å²) in [6.07, 6.45) is 1.57. The topological polar surface area (TPSA) is 71.3 Å². The zero-order valence-electron chi connectivity index (χ0n) is 17.5. The van der Waals surface area contributed by atoms with Gasteiger partial charge in [-0.15, -0.1) is 0 Å². The summed E-state index contributed by atoms with van der Waals surface area (Å²) >= 11 is 4.41. The Kier molecular flexibility index (Phi) is 8.53. The Labute approximate surface area is 214 Å². The molecule has 0 bridgehead atoms. The monoisotopic (exact) mass is 650 g/mol. The third-order valence-corrected chi connectivity index (χ3v) is 6.13. The molecule has 0 saturated heterocycles. The molecule has 0 heterocycles. The van der Waals surface area contributed by atoms with Crippen LogP contribution in [0.1, 0.15) is 16.7 Å². The fourth-order valence-electron chi connectivity index (χ4n) is 2.95. The number of halogens is 2. The van der Waals surface area contributed by atoms with E-state index in [1.807, 2.05) is 61.5 Å². The lowest BCUT2D eigenvalue weighted by atomic mass is 10.1. The molecule has 0 spiro atoms. The number of hydrogen-bond donors (Lipinski definition) is 1. The van der Waals surface area contributed by atoms with Gasteiger partial charge in [0.2, 0.25) is 0 Å². The van der Waals surface area contributed by atoms with Crippen LogP contribution < -0.4 is 14.8 Å². The van der Waals surface area contributed by atoms with Crippen LogP contribution in [-0.4, -0.2) is 13.0 Å². The lowest BCUT2D eigenvalue weighted by Gasteiger charge is -2.12. The van der Waals surface area contributed by atoms with E-state index in [0.29, 0.717) is 18.0 Å². The lowest BCUT2D eigenvalue weighted by molar-refractivity contribution is -0.112. The predicted octanol–water partition coefficient (Wildman–Crippen LogP) is 6.34. The van der Waals surface area contributed by atoms with Crippen molar-refractivity contribution in [2.24, 2.45) is 0 Å². The third kappa shape index (κ3) is 6.23. The van der Waals surface area contributed by atoms with Gasteiger partial charge in [0, 0.05) is 0 Å². The van der Waals surface area contributed by atoms with Crippen LogP contribution >= 0.6 is 45.2 Å². The minimum absolute atomic E-state index is 0.00175. The summed E-state index contributed by atoms with van der Waals surface area (Å²) in [5.74, 6) is 0.815. The number of hydrogen-bond acceptors (Lipinski definition) is 4. The molecule has 162 valence electrons. The van der Waals surface area contributed by atoms with Gasteiger partial charge in [0.1, 0.15) is 29.7 Å². The van der Waals surface area contributed by atoms with Gasteiger partial charge in [-0.2, -0.15) is 5.26 Å². The average molecular weight is 650 g/mol. The molecule has 3 rings (SSSR count). The molecule has 0 aliphatic heterocycles. The first-order valence-electron chi connectivity index (χ1n) is 9.65. The molecule has 0 atom stereocenters. The summed E-state index contributed by atoms with van der Waals surface area (Å²) in [4.78, 5) is 12.7. The second-order valence-corrected chi connectivity index (χ2v) is 9.24. The summed E-state index contributed by atoms with van der Waals surface area (Å²) in [6.45, 7) is 2.38. The van der Waals surface area contributed by atoms with Crippen molar-refractivity contribution >= 4 is 62.9 Å². The number of ether oxygens (including phenoxy) is 2. The van der Waals surface area contributed by atoms with E-state index in [4.69, 9.17) is 9.47 Å². The highest BCUT2D eigenvalue weighted by Gasteiger charge is 2.14. The SMILES string of the molecule is COc1ccc(C)cc1NC(=O)/C(C#N)=C/c1cc(I)c(OCc2ccccc2)c(I)c1. The van der Waals surface area contributed by atoms with E-state index < -0.39 is 5.91 Å². The first-order chi connectivity index (χ1) is 15.4. The molecule has 0 aromatic heterocycles. The summed E-state index contributed by atoms with van der Waals surface area (Å²) in [7, 11) is 1.53. The Hall–Kier alpha value is -2.58. The molecule has 0 saturated carbocycles. The van der Waals surface area contributed by atoms with Gasteiger partial charge in [-0.25, -0.2) is 0 Å². The fraction of sp³-hybridized carbons (Fsp3) is 0.120. The maximum atomic E-state index is 12.7. The quantitative estimate of drug-likeness (QED) is 0.184. The van der Waals surface area contributed by atoms with Gasteiger partial charge in [-0.3, -0.25) is 4.79 Å². The summed E-state index contributed by atoms with van der Waals surface area (Å²) in [5, 5.41) is 12.4. The number of carbonyl (C=O) groups is 1. The van der Waals surface area contributed by atoms with Crippen molar-refractivity contribution in [1.29, 1.82) is 5.26 Å². The highest BCUT2D eigenvalue weighted by Crippen LogP contribution is 2.31. The maximum Gasteiger partial charge on any atom is 0.266 e. The number of benzene rings is 3. The predicted molar refractivity (Wildman–Crippen MR) is 143 cm³/mol. The van der Waals surface area contributed by atoms with E-state index in [9.17, 15) is 10.1 Å². The number of anilines is 1. The normalized spacial score (nSPS) is 10.9. The van der Waals surface area contributed by atoms with Crippen LogP contribution in [0.15, 0.2) is 66.2 Å². The van der Waals surface area contributed by atoms with E-state index >= 15 is 0 Å². The van der Waals surface area contributed by atoms with Crippen molar-refractivity contribution in [2.75, 3.05) is 12.4 Å². The zero-order valence-corrected chi connectivity index (χ0v) is 21.8. The Morgan fingerprint density at radius 1 is 1.09 bits per heavy atom. The highest BCUT2D eigenvalue weighted by molar-refractivity contribution is 14.1. The van der Waals surface area contributed by atoms with Gasteiger partial charge in [-0.1, -0.05) is 36.4 Å². The average Bonchev–Trinajstić information content (AvgIpc) is 2.77. The number of carbonyl (C=O) groups excluding carboxylic acids is 1. The standard InChI is InChI=1S/C25H20I2N2O3/c1-16-8-9-23(31-2)22(10-16)29-25(30)19(14-28)11-18-12-20(26)24(21(27)13-18)32-15-17-6-4-3-5-7-17/h3-13H,15H2,1-2H3,(H,29,30)/b19-11+. The molecule has 0 aliphatic rings. The minimum Gasteiger partial charge on any atom is -0.495 e. The summed E-state index contributed by atoms with van der Waals surface area (Å²) in [5.41, 5.74) is 3.32. The maximum absolute atomic E-state index is 12.7. The van der Waals surface area contributed by atoms with E-state index in [2.05, 4.69) is 50.5 Å². The van der Waals surface area contributed by atoms with Crippen LogP contribution in [0.25, 0.3) is 6.08 Å². The second-order valence-electron chi connectivity index (χ2n) is 6.92. The van der Waals surface area contributed by atoms with Crippen molar-refractivity contribution in [3.8, 4) is 17.6 Å². The Balaban J connectivity index is 1.80. The molecule has 0 radical (unpaired) electrons. The Morgan fingerprint density at radius 2 is 1.78 bits per heavy atom. The van der Waals surface area contributed by atoms with Gasteiger partial charge < -0.3 is 14.8 Å². The Morgan fingerprint density at radius 3 is 2.41 bits per heavy atom. The molecular weight excluding hydrogens is 630 g/mol. The number of rotatable bonds is 7. The van der Waals surface area contributed by atoms with Crippen molar-refractivity contribution in [1.82, 2.24) is 0 Å². The van der Waals surface area contributed by atoms with E-state index in [1.165, 1.54) is 7.11 Å². The van der Waals surface area contributed by atoms with Crippen LogP contribution in [0.4, 0.5) is 5.69 Å². The molecule has 3 aromatic rings. The molecule has 0 unspecified atom stereocenters. The van der Waals surface area contributed by atoms with Gasteiger partial charge in [0.05, 0.1) is 19.9 Å². The van der Waals surface area contributed by atoms with Crippen molar-refractivity contribution < 1.29 is 14.3 Å². The smallest absolute Gasteiger partial charge is 0.266 e. The van der Waals surface area contributed by atoms with Crippen molar-refractivity contribution in [2.45, 2.75) is 13.5 Å².